The van der Waals surface area contributed by atoms with Crippen molar-refractivity contribution in [1.29, 1.82) is 0 Å². The lowest BCUT2D eigenvalue weighted by Gasteiger charge is -2.41. The van der Waals surface area contributed by atoms with Gasteiger partial charge in [-0.15, -0.1) is 0 Å². The lowest BCUT2D eigenvalue weighted by atomic mass is 9.81. The summed E-state index contributed by atoms with van der Waals surface area (Å²) in [6, 6.07) is 4.35. The molecular formula is C18H23FN2O3S. The van der Waals surface area contributed by atoms with Gasteiger partial charge in [0.2, 0.25) is 0 Å². The van der Waals surface area contributed by atoms with E-state index >= 15 is 0 Å². The van der Waals surface area contributed by atoms with Gasteiger partial charge in [0.25, 0.3) is 0 Å². The number of amides is 1. The van der Waals surface area contributed by atoms with Crippen LogP contribution in [0.4, 0.5) is 9.18 Å². The van der Waals surface area contributed by atoms with Crippen LogP contribution in [-0.4, -0.2) is 37.7 Å². The number of aromatic hydroxyl groups is 1. The minimum atomic E-state index is -1.03. The number of phenolic OH excluding ortho intramolecular Hbond substituents is 1. The predicted molar refractivity (Wildman–Crippen MR) is 96.6 cm³/mol. The molecule has 0 saturated heterocycles. The van der Waals surface area contributed by atoms with Crippen molar-refractivity contribution in [2.45, 2.75) is 51.1 Å². The topological polar surface area (TPSA) is 73.1 Å². The highest BCUT2D eigenvalue weighted by Gasteiger charge is 2.49. The van der Waals surface area contributed by atoms with Crippen LogP contribution in [0.5, 0.6) is 5.75 Å². The van der Waals surface area contributed by atoms with Gasteiger partial charge >= 0.3 is 6.09 Å². The van der Waals surface area contributed by atoms with Gasteiger partial charge in [-0.1, -0.05) is 24.2 Å². The van der Waals surface area contributed by atoms with E-state index in [1.165, 1.54) is 28.8 Å². The van der Waals surface area contributed by atoms with E-state index in [2.05, 4.69) is 0 Å². The van der Waals surface area contributed by atoms with Gasteiger partial charge in [-0.25, -0.2) is 9.18 Å². The summed E-state index contributed by atoms with van der Waals surface area (Å²) in [5.41, 5.74) is -0.453. The highest BCUT2D eigenvalue weighted by molar-refractivity contribution is 8.13. The third kappa shape index (κ3) is 3.10. The third-order valence-electron chi connectivity index (χ3n) is 4.99. The maximum absolute atomic E-state index is 13.5. The highest BCUT2D eigenvalue weighted by atomic mass is 32.2. The van der Waals surface area contributed by atoms with Crippen molar-refractivity contribution in [2.75, 3.05) is 5.75 Å². The monoisotopic (exact) mass is 366 g/mol. The van der Waals surface area contributed by atoms with Gasteiger partial charge in [-0.05, 0) is 57.2 Å². The molecule has 1 aromatic rings. The number of carboxylic acid groups (broad SMARTS) is 1. The fourth-order valence-corrected chi connectivity index (χ4v) is 5.31. The number of nitrogens with zero attached hydrogens (tertiary/aromatic N) is 2. The Morgan fingerprint density at radius 1 is 1.44 bits per heavy atom. The van der Waals surface area contributed by atoms with Gasteiger partial charge in [-0.3, -0.25) is 9.89 Å². The van der Waals surface area contributed by atoms with Crippen LogP contribution in [0.25, 0.3) is 0 Å². The molecule has 136 valence electrons. The second-order valence-corrected chi connectivity index (χ2v) is 8.66. The van der Waals surface area contributed by atoms with E-state index in [-0.39, 0.29) is 5.92 Å². The van der Waals surface area contributed by atoms with Crippen molar-refractivity contribution in [3.63, 3.8) is 0 Å². The molecule has 1 saturated carbocycles. The van der Waals surface area contributed by atoms with E-state index in [1.54, 1.807) is 6.07 Å². The van der Waals surface area contributed by atoms with Crippen molar-refractivity contribution in [3.05, 3.63) is 29.6 Å². The van der Waals surface area contributed by atoms with Crippen LogP contribution in [0.1, 0.15) is 45.6 Å². The summed E-state index contributed by atoms with van der Waals surface area (Å²) in [5.74, 6) is -0.0392. The summed E-state index contributed by atoms with van der Waals surface area (Å²) < 4.78 is 13.5. The molecule has 0 radical (unpaired) electrons. The second-order valence-electron chi connectivity index (χ2n) is 7.67. The van der Waals surface area contributed by atoms with Crippen molar-refractivity contribution in [3.8, 4) is 5.75 Å². The number of carbonyl (C=O) groups is 1. The summed E-state index contributed by atoms with van der Waals surface area (Å²) in [6.07, 6.45) is 1.70. The molecular weight excluding hydrogens is 343 g/mol. The van der Waals surface area contributed by atoms with Gasteiger partial charge in [0.1, 0.15) is 0 Å². The van der Waals surface area contributed by atoms with Crippen LogP contribution in [0.3, 0.4) is 0 Å². The predicted octanol–water partition coefficient (Wildman–Crippen LogP) is 4.41. The number of rotatable bonds is 1. The average molecular weight is 366 g/mol. The van der Waals surface area contributed by atoms with Crippen molar-refractivity contribution < 1.29 is 19.4 Å². The van der Waals surface area contributed by atoms with Crippen molar-refractivity contribution in [2.24, 2.45) is 10.9 Å². The normalized spacial score (nSPS) is 26.1. The van der Waals surface area contributed by atoms with Crippen LogP contribution in [0, 0.1) is 11.7 Å². The number of hydrogen-bond acceptors (Lipinski definition) is 4. The Morgan fingerprint density at radius 3 is 2.76 bits per heavy atom. The Kier molecular flexibility index (Phi) is 4.47. The summed E-state index contributed by atoms with van der Waals surface area (Å²) in [7, 11) is 0. The number of thioether (sulfide) groups is 1. The number of fused-ring (bicyclic) bond motifs is 1. The fraction of sp³-hybridized carbons (Fsp3) is 0.556. The number of phenols is 1. The molecule has 7 heteroatoms. The van der Waals surface area contributed by atoms with Gasteiger partial charge in [0.15, 0.2) is 16.7 Å². The first kappa shape index (κ1) is 18.0. The summed E-state index contributed by atoms with van der Waals surface area (Å²) >= 11 is 1.46. The highest BCUT2D eigenvalue weighted by Crippen LogP contribution is 2.52. The standard InChI is InChI=1S/C18H23FN2O3S/c1-17(2,3)21(16(23)24)15-20-18(8-4-5-12(18)10-25-15)11-6-7-13(19)14(22)9-11/h6-7,9,12,22H,4-5,8,10H2,1-3H3,(H,23,24)/t12-,18+/m0/s1. The molecule has 1 aliphatic heterocycles. The van der Waals surface area contributed by atoms with E-state index in [0.717, 1.165) is 30.6 Å². The molecule has 1 heterocycles. The molecule has 0 aromatic heterocycles. The summed E-state index contributed by atoms with van der Waals surface area (Å²) in [4.78, 5) is 18.0. The van der Waals surface area contributed by atoms with E-state index in [4.69, 9.17) is 4.99 Å². The minimum Gasteiger partial charge on any atom is -0.505 e. The van der Waals surface area contributed by atoms with Crippen LogP contribution in [-0.2, 0) is 5.54 Å². The van der Waals surface area contributed by atoms with Crippen LogP contribution in [0.15, 0.2) is 23.2 Å². The molecule has 5 nitrogen and oxygen atoms in total. The maximum atomic E-state index is 13.5. The molecule has 1 amide bonds. The first-order chi connectivity index (χ1) is 11.6. The maximum Gasteiger partial charge on any atom is 0.413 e. The van der Waals surface area contributed by atoms with Crippen molar-refractivity contribution in [1.82, 2.24) is 4.90 Å². The average Bonchev–Trinajstić information content (AvgIpc) is 2.92. The number of halogens is 1. The molecule has 2 N–H and O–H groups in total. The minimum absolute atomic E-state index is 0.252. The second kappa shape index (κ2) is 6.20. The fourth-order valence-electron chi connectivity index (χ4n) is 3.80. The van der Waals surface area contributed by atoms with Gasteiger partial charge in [0, 0.05) is 11.3 Å². The molecule has 1 fully saturated rings. The molecule has 0 spiro atoms. The zero-order valence-electron chi connectivity index (χ0n) is 14.6. The van der Waals surface area contributed by atoms with Crippen molar-refractivity contribution >= 4 is 23.0 Å². The number of aliphatic imine (C=N–C) groups is 1. The van der Waals surface area contributed by atoms with Crippen LogP contribution >= 0.6 is 11.8 Å². The molecule has 25 heavy (non-hydrogen) atoms. The largest absolute Gasteiger partial charge is 0.505 e. The van der Waals surface area contributed by atoms with Gasteiger partial charge in [0.05, 0.1) is 5.54 Å². The number of amidine groups is 1. The van der Waals surface area contributed by atoms with Gasteiger partial charge < -0.3 is 10.2 Å². The number of hydrogen-bond donors (Lipinski definition) is 2. The Bertz CT molecular complexity index is 732. The van der Waals surface area contributed by atoms with E-state index in [0.29, 0.717) is 5.17 Å². The number of benzene rings is 1. The van der Waals surface area contributed by atoms with E-state index in [9.17, 15) is 19.4 Å². The first-order valence-electron chi connectivity index (χ1n) is 8.40. The van der Waals surface area contributed by atoms with Gasteiger partial charge in [-0.2, -0.15) is 0 Å². The lowest BCUT2D eigenvalue weighted by molar-refractivity contribution is 0.141. The molecule has 2 aliphatic rings. The zero-order valence-corrected chi connectivity index (χ0v) is 15.4. The van der Waals surface area contributed by atoms with E-state index in [1.807, 2.05) is 20.8 Å². The molecule has 0 unspecified atom stereocenters. The summed E-state index contributed by atoms with van der Waals surface area (Å²) in [6.45, 7) is 5.50. The SMILES string of the molecule is CC(C)(C)N(C(=O)O)C1=N[C@@]2(c3ccc(F)c(O)c3)CCC[C@H]2CS1. The van der Waals surface area contributed by atoms with Crippen LogP contribution < -0.4 is 0 Å². The Labute approximate surface area is 150 Å². The summed E-state index contributed by atoms with van der Waals surface area (Å²) in [5, 5.41) is 20.0. The zero-order chi connectivity index (χ0) is 18.4. The smallest absolute Gasteiger partial charge is 0.413 e. The molecule has 0 bridgehead atoms. The molecule has 2 atom stereocenters. The Balaban J connectivity index is 2.11. The lowest BCUT2D eigenvalue weighted by Crippen LogP contribution is -2.50. The first-order valence-corrected chi connectivity index (χ1v) is 9.38. The van der Waals surface area contributed by atoms with Crippen LogP contribution in [0.2, 0.25) is 0 Å². The molecule has 1 aromatic carbocycles. The van der Waals surface area contributed by atoms with E-state index < -0.39 is 28.7 Å². The molecule has 3 rings (SSSR count). The Morgan fingerprint density at radius 2 is 2.16 bits per heavy atom. The third-order valence-corrected chi connectivity index (χ3v) is 6.10. The Hall–Kier alpha value is -1.76. The molecule has 1 aliphatic carbocycles. The quantitative estimate of drug-likeness (QED) is 0.772.